The zero-order chi connectivity index (χ0) is 22.5. The minimum atomic E-state index is -3.74. The number of rotatable bonds is 9. The zero-order valence-corrected chi connectivity index (χ0v) is 19.1. The van der Waals surface area contributed by atoms with Gasteiger partial charge in [-0.1, -0.05) is 36.8 Å². The molecule has 0 saturated carbocycles. The molecule has 0 bridgehead atoms. The number of hydrogen-bond acceptors (Lipinski definition) is 5. The fraction of sp³-hybridized carbons (Fsp3) is 0.409. The fourth-order valence-electron chi connectivity index (χ4n) is 3.28. The fourth-order valence-corrected chi connectivity index (χ4v) is 4.45. The van der Waals surface area contributed by atoms with Crippen molar-refractivity contribution >= 4 is 21.6 Å². The minimum absolute atomic E-state index is 0.215. The maximum absolute atomic E-state index is 13.0. The van der Waals surface area contributed by atoms with Crippen molar-refractivity contribution in [3.05, 3.63) is 53.6 Å². The van der Waals surface area contributed by atoms with Gasteiger partial charge in [-0.2, -0.15) is 0 Å². The summed E-state index contributed by atoms with van der Waals surface area (Å²) >= 11 is 0. The van der Waals surface area contributed by atoms with Crippen molar-refractivity contribution in [1.82, 2.24) is 5.32 Å². The monoisotopic (exact) mass is 434 g/mol. The second kappa shape index (κ2) is 9.84. The molecule has 2 aromatic rings. The lowest BCUT2D eigenvalue weighted by Crippen LogP contribution is -2.48. The lowest BCUT2D eigenvalue weighted by Gasteiger charge is -2.30. The average Bonchev–Trinajstić information content (AvgIpc) is 2.71. The van der Waals surface area contributed by atoms with Crippen molar-refractivity contribution in [3.63, 3.8) is 0 Å². The molecular weight excluding hydrogens is 404 g/mol. The highest BCUT2D eigenvalue weighted by molar-refractivity contribution is 7.92. The van der Waals surface area contributed by atoms with Crippen LogP contribution in [0.2, 0.25) is 0 Å². The summed E-state index contributed by atoms with van der Waals surface area (Å²) in [4.78, 5) is 13.0. The molecule has 8 heteroatoms. The second-order valence-electron chi connectivity index (χ2n) is 7.15. The summed E-state index contributed by atoms with van der Waals surface area (Å²) in [6.45, 7) is 5.53. The Labute approximate surface area is 179 Å². The van der Waals surface area contributed by atoms with Crippen LogP contribution in [0.1, 0.15) is 37.4 Å². The number of carbonyl (C=O) groups excluding carboxylic acids is 1. The number of benzene rings is 2. The van der Waals surface area contributed by atoms with Crippen LogP contribution in [0.4, 0.5) is 5.69 Å². The molecule has 0 saturated heterocycles. The number of amides is 1. The first-order chi connectivity index (χ1) is 14.1. The third-order valence-corrected chi connectivity index (χ3v) is 6.16. The predicted octanol–water partition coefficient (Wildman–Crippen LogP) is 3.43. The van der Waals surface area contributed by atoms with Crippen LogP contribution < -0.4 is 19.1 Å². The van der Waals surface area contributed by atoms with Crippen LogP contribution in [0.3, 0.4) is 0 Å². The van der Waals surface area contributed by atoms with E-state index >= 15 is 0 Å². The van der Waals surface area contributed by atoms with Crippen molar-refractivity contribution in [1.29, 1.82) is 0 Å². The first-order valence-electron chi connectivity index (χ1n) is 9.70. The Morgan fingerprint density at radius 1 is 1.07 bits per heavy atom. The highest BCUT2D eigenvalue weighted by Crippen LogP contribution is 2.33. The van der Waals surface area contributed by atoms with E-state index in [2.05, 4.69) is 5.32 Å². The molecular formula is C22H30N2O5S. The zero-order valence-electron chi connectivity index (χ0n) is 18.3. The molecule has 164 valence electrons. The van der Waals surface area contributed by atoms with Gasteiger partial charge in [-0.3, -0.25) is 9.10 Å². The van der Waals surface area contributed by atoms with E-state index in [4.69, 9.17) is 9.47 Å². The lowest BCUT2D eigenvalue weighted by atomic mass is 10.0. The quantitative estimate of drug-likeness (QED) is 0.654. The molecule has 0 aliphatic rings. The van der Waals surface area contributed by atoms with E-state index in [-0.39, 0.29) is 11.9 Å². The number of sulfonamides is 1. The number of hydrogen-bond donors (Lipinski definition) is 1. The van der Waals surface area contributed by atoms with Gasteiger partial charge in [-0.05, 0) is 38.0 Å². The Bertz CT molecular complexity index is 974. The maximum Gasteiger partial charge on any atom is 0.244 e. The van der Waals surface area contributed by atoms with Gasteiger partial charge in [-0.15, -0.1) is 0 Å². The first-order valence-corrected chi connectivity index (χ1v) is 11.6. The Morgan fingerprint density at radius 2 is 1.67 bits per heavy atom. The molecule has 0 aliphatic carbocycles. The van der Waals surface area contributed by atoms with Gasteiger partial charge in [0.1, 0.15) is 6.04 Å². The highest BCUT2D eigenvalue weighted by Gasteiger charge is 2.31. The van der Waals surface area contributed by atoms with Crippen LogP contribution in [0, 0.1) is 6.92 Å². The molecule has 0 aliphatic heterocycles. The van der Waals surface area contributed by atoms with Crippen molar-refractivity contribution in [2.75, 3.05) is 24.8 Å². The molecule has 0 fully saturated rings. The third-order valence-electron chi connectivity index (χ3n) is 4.91. The number of ether oxygens (including phenoxy) is 2. The Kier molecular flexibility index (Phi) is 7.72. The van der Waals surface area contributed by atoms with Crippen molar-refractivity contribution in [3.8, 4) is 11.5 Å². The van der Waals surface area contributed by atoms with Crippen molar-refractivity contribution in [2.24, 2.45) is 0 Å². The van der Waals surface area contributed by atoms with E-state index < -0.39 is 16.1 Å². The number of anilines is 1. The van der Waals surface area contributed by atoms with Crippen LogP contribution in [0.15, 0.2) is 42.5 Å². The SMILES string of the molecule is CC[C@@H](NC(=O)[C@H](C)N(c1ccc(OC)c(OC)c1)S(C)(=O)=O)c1ccc(C)cc1. The average molecular weight is 435 g/mol. The first kappa shape index (κ1) is 23.5. The molecule has 2 rings (SSSR count). The smallest absolute Gasteiger partial charge is 0.244 e. The molecule has 0 aromatic heterocycles. The van der Waals surface area contributed by atoms with Crippen LogP contribution in [0.25, 0.3) is 0 Å². The molecule has 30 heavy (non-hydrogen) atoms. The summed E-state index contributed by atoms with van der Waals surface area (Å²) < 4.78 is 36.7. The minimum Gasteiger partial charge on any atom is -0.493 e. The molecule has 2 aromatic carbocycles. The van der Waals surface area contributed by atoms with Crippen molar-refractivity contribution in [2.45, 2.75) is 39.3 Å². The van der Waals surface area contributed by atoms with Gasteiger partial charge in [0.2, 0.25) is 15.9 Å². The molecule has 0 radical (unpaired) electrons. The molecule has 2 atom stereocenters. The predicted molar refractivity (Wildman–Crippen MR) is 119 cm³/mol. The standard InChI is InChI=1S/C22H30N2O5S/c1-7-19(17-10-8-15(2)9-11-17)23-22(25)16(3)24(30(6,26)27)18-12-13-20(28-4)21(14-18)29-5/h8-14,16,19H,7H2,1-6H3,(H,23,25)/t16-,19+/m0/s1. The summed E-state index contributed by atoms with van der Waals surface area (Å²) in [5.74, 6) is 0.460. The van der Waals surface area contributed by atoms with E-state index in [1.165, 1.54) is 14.2 Å². The van der Waals surface area contributed by atoms with Gasteiger partial charge in [0, 0.05) is 6.07 Å². The van der Waals surface area contributed by atoms with Crippen LogP contribution in [-0.2, 0) is 14.8 Å². The summed E-state index contributed by atoms with van der Waals surface area (Å²) in [6, 6.07) is 11.5. The van der Waals surface area contributed by atoms with Crippen LogP contribution >= 0.6 is 0 Å². The topological polar surface area (TPSA) is 84.9 Å². The molecule has 0 unspecified atom stereocenters. The van der Waals surface area contributed by atoms with Gasteiger partial charge in [0.25, 0.3) is 0 Å². The number of carbonyl (C=O) groups is 1. The maximum atomic E-state index is 13.0. The van der Waals surface area contributed by atoms with Gasteiger partial charge in [-0.25, -0.2) is 8.42 Å². The molecule has 0 spiro atoms. The summed E-state index contributed by atoms with van der Waals surface area (Å²) in [7, 11) is -0.777. The molecule has 7 nitrogen and oxygen atoms in total. The van der Waals surface area contributed by atoms with E-state index in [9.17, 15) is 13.2 Å². The number of nitrogens with one attached hydrogen (secondary N) is 1. The van der Waals surface area contributed by atoms with Gasteiger partial charge in [0.15, 0.2) is 11.5 Å². The Hall–Kier alpha value is -2.74. The summed E-state index contributed by atoms with van der Waals surface area (Å²) in [6.07, 6.45) is 1.75. The summed E-state index contributed by atoms with van der Waals surface area (Å²) in [5, 5.41) is 2.97. The van der Waals surface area contributed by atoms with E-state index in [1.54, 1.807) is 25.1 Å². The van der Waals surface area contributed by atoms with Gasteiger partial charge >= 0.3 is 0 Å². The van der Waals surface area contributed by atoms with E-state index in [0.717, 1.165) is 21.7 Å². The van der Waals surface area contributed by atoms with E-state index in [0.29, 0.717) is 23.6 Å². The van der Waals surface area contributed by atoms with Crippen LogP contribution in [0.5, 0.6) is 11.5 Å². The highest BCUT2D eigenvalue weighted by atomic mass is 32.2. The second-order valence-corrected chi connectivity index (χ2v) is 9.01. The number of nitrogens with zero attached hydrogens (tertiary/aromatic N) is 1. The van der Waals surface area contributed by atoms with E-state index in [1.807, 2.05) is 38.1 Å². The third kappa shape index (κ3) is 5.44. The van der Waals surface area contributed by atoms with Crippen LogP contribution in [-0.4, -0.2) is 40.8 Å². The summed E-state index contributed by atoms with van der Waals surface area (Å²) in [5.41, 5.74) is 2.42. The van der Waals surface area contributed by atoms with Crippen molar-refractivity contribution < 1.29 is 22.7 Å². The van der Waals surface area contributed by atoms with Gasteiger partial charge in [0.05, 0.1) is 32.2 Å². The molecule has 1 N–H and O–H groups in total. The van der Waals surface area contributed by atoms with Gasteiger partial charge < -0.3 is 14.8 Å². The Morgan fingerprint density at radius 3 is 2.17 bits per heavy atom. The molecule has 0 heterocycles. The molecule has 1 amide bonds. The largest absolute Gasteiger partial charge is 0.493 e. The normalized spacial score (nSPS) is 13.3. The number of aryl methyl sites for hydroxylation is 1. The Balaban J connectivity index is 2.33. The lowest BCUT2D eigenvalue weighted by molar-refractivity contribution is -0.122. The number of methoxy groups -OCH3 is 2.